The van der Waals surface area contributed by atoms with E-state index in [4.69, 9.17) is 9.38 Å². The van der Waals surface area contributed by atoms with E-state index in [1.54, 1.807) is 12.2 Å². The van der Waals surface area contributed by atoms with Gasteiger partial charge in [-0.1, -0.05) is 109 Å². The van der Waals surface area contributed by atoms with Gasteiger partial charge in [-0.3, -0.25) is 9.98 Å². The van der Waals surface area contributed by atoms with E-state index in [-0.39, 0.29) is 63.2 Å². The zero-order valence-electron chi connectivity index (χ0n) is 27.2. The van der Waals surface area contributed by atoms with Crippen molar-refractivity contribution in [1.29, 1.82) is 0 Å². The third-order valence-corrected chi connectivity index (χ3v) is 10.1. The molecule has 0 unspecified atom stereocenters. The van der Waals surface area contributed by atoms with Gasteiger partial charge in [-0.2, -0.15) is 0 Å². The fourth-order valence-corrected chi connectivity index (χ4v) is 11.1. The summed E-state index contributed by atoms with van der Waals surface area (Å²) in [6, 6.07) is 0. The summed E-state index contributed by atoms with van der Waals surface area (Å²) in [6.45, 7) is 32.1. The molecule has 0 bridgehead atoms. The van der Waals surface area contributed by atoms with Gasteiger partial charge >= 0.3 is 40.8 Å². The number of hydrogen-bond acceptors (Lipinski definition) is 5. The molecule has 1 rings (SSSR count). The molecule has 0 aromatic rings. The van der Waals surface area contributed by atoms with Crippen LogP contribution in [0.15, 0.2) is 33.7 Å². The molecule has 1 saturated heterocycles. The first-order valence-electron chi connectivity index (χ1n) is 13.7. The van der Waals surface area contributed by atoms with Crippen molar-refractivity contribution in [2.75, 3.05) is 26.3 Å². The smallest absolute Gasteiger partial charge is 0.875 e. The zero-order valence-corrected chi connectivity index (χ0v) is 32.4. The largest absolute Gasteiger partial charge is 3.00 e. The molecular formula is C29H58N3NdO3Si2. The molecule has 1 aliphatic rings. The second kappa shape index (κ2) is 20.1. The second-order valence-corrected chi connectivity index (χ2v) is 23.3. The topological polar surface area (TPSA) is 94.2 Å². The molecule has 0 atom stereocenters. The van der Waals surface area contributed by atoms with E-state index in [1.165, 1.54) is 12.8 Å². The maximum atomic E-state index is 11.8. The molecule has 1 radical (unpaired) electrons. The molecule has 6 nitrogen and oxygen atoms in total. The van der Waals surface area contributed by atoms with Crippen molar-refractivity contribution in [2.45, 2.75) is 114 Å². The molecule has 38 heavy (non-hydrogen) atoms. The first-order chi connectivity index (χ1) is 16.5. The van der Waals surface area contributed by atoms with Crippen LogP contribution in [0.2, 0.25) is 39.3 Å². The molecule has 0 saturated carbocycles. The Hall–Kier alpha value is 0.124. The minimum Gasteiger partial charge on any atom is -0.875 e. The van der Waals surface area contributed by atoms with Gasteiger partial charge in [0.15, 0.2) is 0 Å². The van der Waals surface area contributed by atoms with Crippen LogP contribution in [0, 0.1) is 51.7 Å². The average Bonchev–Trinajstić information content (AvgIpc) is 3.23. The summed E-state index contributed by atoms with van der Waals surface area (Å²) in [7, 11) is -2.21. The molecule has 0 amide bonds. The summed E-state index contributed by atoms with van der Waals surface area (Å²) in [6.07, 6.45) is 6.55. The summed E-state index contributed by atoms with van der Waals surface area (Å²) in [4.78, 5) is 8.74. The Morgan fingerprint density at radius 2 is 1.05 bits per heavy atom. The molecule has 1 aliphatic heterocycles. The third kappa shape index (κ3) is 29.1. The maximum absolute atomic E-state index is 11.8. The van der Waals surface area contributed by atoms with Crippen LogP contribution in [0.25, 0.3) is 4.65 Å². The number of ether oxygens (including phenoxy) is 1. The monoisotopic (exact) mass is 694 g/mol. The van der Waals surface area contributed by atoms with Gasteiger partial charge in [0.2, 0.25) is 0 Å². The molecule has 0 aliphatic carbocycles. The molecule has 219 valence electrons. The Morgan fingerprint density at radius 1 is 0.737 bits per heavy atom. The van der Waals surface area contributed by atoms with Crippen molar-refractivity contribution in [1.82, 2.24) is 0 Å². The summed E-state index contributed by atoms with van der Waals surface area (Å²) < 4.78 is 9.76. The first-order valence-corrected chi connectivity index (χ1v) is 20.6. The Morgan fingerprint density at radius 3 is 1.24 bits per heavy atom. The minimum atomic E-state index is -1.11. The normalized spacial score (nSPS) is 16.2. The predicted molar refractivity (Wildman–Crippen MR) is 166 cm³/mol. The fraction of sp³-hybridized carbons (Fsp3) is 0.793. The van der Waals surface area contributed by atoms with Gasteiger partial charge in [-0.05, 0) is 43.9 Å². The van der Waals surface area contributed by atoms with Gasteiger partial charge in [0, 0.05) is 37.7 Å². The molecular weight excluding hydrogens is 639 g/mol. The van der Waals surface area contributed by atoms with Crippen molar-refractivity contribution >= 4 is 27.9 Å². The zero-order chi connectivity index (χ0) is 29.5. The van der Waals surface area contributed by atoms with E-state index < -0.39 is 16.5 Å². The fourth-order valence-electron chi connectivity index (χ4n) is 3.00. The van der Waals surface area contributed by atoms with Crippen LogP contribution in [-0.4, -0.2) is 54.2 Å². The van der Waals surface area contributed by atoms with Gasteiger partial charge in [-0.25, -0.2) is 0 Å². The van der Waals surface area contributed by atoms with E-state index >= 15 is 0 Å². The van der Waals surface area contributed by atoms with Gasteiger partial charge in [-0.15, -0.1) is 11.5 Å². The summed E-state index contributed by atoms with van der Waals surface area (Å²) in [5.74, 6) is 0.172. The van der Waals surface area contributed by atoms with E-state index in [9.17, 15) is 10.2 Å². The van der Waals surface area contributed by atoms with E-state index in [1.807, 2.05) is 55.4 Å². The van der Waals surface area contributed by atoms with Crippen LogP contribution < -0.4 is 10.2 Å². The molecule has 1 fully saturated rings. The SMILES string of the molecule is C1CCOC1.CC(/C=C(\[O-])C(C)(C)C)=NCCCN=C(C)/C=C(\[O-])C(C)(C)C.C[Si](C)(C)[N-][Si](C)(C)C.[Nd+3]. The van der Waals surface area contributed by atoms with Crippen LogP contribution in [-0.2, 0) is 4.74 Å². The van der Waals surface area contributed by atoms with Crippen LogP contribution in [0.3, 0.4) is 0 Å². The Balaban J connectivity index is -0.000000663. The van der Waals surface area contributed by atoms with Crippen LogP contribution in [0.5, 0.6) is 0 Å². The number of nitrogens with zero attached hydrogens (tertiary/aromatic N) is 3. The second-order valence-electron chi connectivity index (χ2n) is 13.7. The van der Waals surface area contributed by atoms with Gasteiger partial charge in [0.1, 0.15) is 0 Å². The van der Waals surface area contributed by atoms with Crippen molar-refractivity contribution in [3.05, 3.63) is 28.3 Å². The molecule has 0 spiro atoms. The van der Waals surface area contributed by atoms with Gasteiger partial charge in [0.05, 0.1) is 0 Å². The van der Waals surface area contributed by atoms with Crippen molar-refractivity contribution in [3.8, 4) is 0 Å². The van der Waals surface area contributed by atoms with Crippen LogP contribution >= 0.6 is 0 Å². The van der Waals surface area contributed by atoms with Crippen molar-refractivity contribution in [2.24, 2.45) is 20.8 Å². The van der Waals surface area contributed by atoms with E-state index in [0.717, 1.165) is 31.1 Å². The van der Waals surface area contributed by atoms with Crippen molar-refractivity contribution < 1.29 is 55.8 Å². The van der Waals surface area contributed by atoms with Gasteiger partial charge < -0.3 is 19.6 Å². The average molecular weight is 697 g/mol. The van der Waals surface area contributed by atoms with Crippen molar-refractivity contribution in [3.63, 3.8) is 0 Å². The van der Waals surface area contributed by atoms with E-state index in [0.29, 0.717) is 13.1 Å². The molecule has 0 N–H and O–H groups in total. The number of rotatable bonds is 8. The predicted octanol–water partition coefficient (Wildman–Crippen LogP) is 6.71. The molecule has 0 aromatic heterocycles. The summed E-state index contributed by atoms with van der Waals surface area (Å²) in [5.41, 5.74) is 0.765. The standard InChI is InChI=1S/C19H34N2O2.C6H18NSi2.C4H8O.Nd/c1-14(12-16(22)18(3,4)5)20-10-9-11-21-15(2)13-17(23)19(6,7)8;1-8(2,3)7-9(4,5)6;1-2-4-5-3-1;/h12-13,22-23H,9-11H2,1-8H3;1-6H3;1-4H2;/q;-1;;+3/p-2/b16-12-,17-13-,20-14?,21-15?;;;. The Labute approximate surface area is 271 Å². The number of aliphatic imine (C=N–C) groups is 2. The van der Waals surface area contributed by atoms with Crippen LogP contribution in [0.4, 0.5) is 0 Å². The molecule has 0 aromatic carbocycles. The Kier molecular flexibility index (Phi) is 22.5. The van der Waals surface area contributed by atoms with Gasteiger partial charge in [0.25, 0.3) is 0 Å². The summed E-state index contributed by atoms with van der Waals surface area (Å²) >= 11 is 0. The maximum Gasteiger partial charge on any atom is 3.00 e. The summed E-state index contributed by atoms with van der Waals surface area (Å²) in [5, 5.41) is 23.7. The third-order valence-electron chi connectivity index (χ3n) is 4.70. The molecule has 1 heterocycles. The number of hydrogen-bond donors (Lipinski definition) is 0. The minimum absolute atomic E-state index is 0. The Bertz CT molecular complexity index is 698. The van der Waals surface area contributed by atoms with E-state index in [2.05, 4.69) is 49.3 Å². The molecule has 9 heteroatoms. The first kappa shape index (κ1) is 42.6. The quantitative estimate of drug-likeness (QED) is 0.122. The van der Waals surface area contributed by atoms with Crippen LogP contribution in [0.1, 0.15) is 74.7 Å². The number of allylic oxidation sites excluding steroid dienone is 4.